The molecule has 3 aromatic carbocycles. The molecular formula is C24H19FN4O. The van der Waals surface area contributed by atoms with Crippen molar-refractivity contribution in [2.24, 2.45) is 0 Å². The van der Waals surface area contributed by atoms with Gasteiger partial charge in [-0.1, -0.05) is 29.8 Å². The summed E-state index contributed by atoms with van der Waals surface area (Å²) in [5.74, 6) is -0.0673. The van der Waals surface area contributed by atoms with Crippen LogP contribution in [0.15, 0.2) is 84.9 Å². The Morgan fingerprint density at radius 1 is 0.833 bits per heavy atom. The minimum absolute atomic E-state index is 0.286. The Hall–Kier alpha value is -4.06. The van der Waals surface area contributed by atoms with Gasteiger partial charge >= 0.3 is 0 Å². The Labute approximate surface area is 173 Å². The number of benzene rings is 3. The summed E-state index contributed by atoms with van der Waals surface area (Å²) < 4.78 is 13.0. The molecule has 6 heteroatoms. The number of carbonyl (C=O) groups excluding carboxylic acids is 1. The molecule has 0 aliphatic rings. The van der Waals surface area contributed by atoms with E-state index in [1.54, 1.807) is 18.2 Å². The quantitative estimate of drug-likeness (QED) is 0.460. The second kappa shape index (κ2) is 8.53. The van der Waals surface area contributed by atoms with E-state index in [2.05, 4.69) is 26.9 Å². The normalized spacial score (nSPS) is 10.5. The lowest BCUT2D eigenvalue weighted by atomic mass is 10.1. The van der Waals surface area contributed by atoms with E-state index in [1.807, 2.05) is 43.3 Å². The van der Waals surface area contributed by atoms with Crippen LogP contribution in [0.25, 0.3) is 11.3 Å². The van der Waals surface area contributed by atoms with Crippen LogP contribution in [-0.2, 0) is 0 Å². The molecule has 0 fully saturated rings. The number of hydrogen-bond donors (Lipinski definition) is 2. The van der Waals surface area contributed by atoms with Crippen molar-refractivity contribution in [1.29, 1.82) is 0 Å². The summed E-state index contributed by atoms with van der Waals surface area (Å²) >= 11 is 0. The highest BCUT2D eigenvalue weighted by molar-refractivity contribution is 6.04. The van der Waals surface area contributed by atoms with Crippen molar-refractivity contribution in [3.05, 3.63) is 102 Å². The van der Waals surface area contributed by atoms with Crippen LogP contribution in [0.1, 0.15) is 15.9 Å². The smallest absolute Gasteiger partial charge is 0.255 e. The van der Waals surface area contributed by atoms with Gasteiger partial charge in [0.2, 0.25) is 0 Å². The molecule has 4 aromatic rings. The van der Waals surface area contributed by atoms with Crippen molar-refractivity contribution in [2.45, 2.75) is 6.92 Å². The van der Waals surface area contributed by atoms with Crippen molar-refractivity contribution >= 4 is 23.1 Å². The number of nitrogens with zero attached hydrogens (tertiary/aromatic N) is 2. The molecule has 0 bridgehead atoms. The summed E-state index contributed by atoms with van der Waals surface area (Å²) in [5, 5.41) is 14.4. The lowest BCUT2D eigenvalue weighted by Gasteiger charge is -2.09. The van der Waals surface area contributed by atoms with Gasteiger partial charge in [0.1, 0.15) is 5.82 Å². The average molecular weight is 398 g/mol. The van der Waals surface area contributed by atoms with Crippen LogP contribution in [-0.4, -0.2) is 16.1 Å². The van der Waals surface area contributed by atoms with Crippen LogP contribution >= 0.6 is 0 Å². The first-order chi connectivity index (χ1) is 14.6. The van der Waals surface area contributed by atoms with Crippen LogP contribution in [0.3, 0.4) is 0 Å². The summed E-state index contributed by atoms with van der Waals surface area (Å²) in [6.45, 7) is 2.03. The minimum atomic E-state index is -0.353. The standard InChI is InChI=1S/C24H19FN4O/c1-16-4-2-5-17(14-16)22-12-13-23(29-28-22)26-21-7-3-6-18(15-21)24(30)27-20-10-8-19(25)9-11-20/h2-15H,1H3,(H,26,29)(H,27,30). The Morgan fingerprint density at radius 2 is 1.63 bits per heavy atom. The van der Waals surface area contributed by atoms with Gasteiger partial charge in [0.05, 0.1) is 5.69 Å². The van der Waals surface area contributed by atoms with Gasteiger partial charge in [-0.3, -0.25) is 4.79 Å². The predicted octanol–water partition coefficient (Wildman–Crippen LogP) is 5.59. The molecule has 0 saturated carbocycles. The van der Waals surface area contributed by atoms with E-state index >= 15 is 0 Å². The molecule has 0 aliphatic heterocycles. The summed E-state index contributed by atoms with van der Waals surface area (Å²) in [4.78, 5) is 12.5. The van der Waals surface area contributed by atoms with Crippen LogP contribution in [0.4, 0.5) is 21.6 Å². The van der Waals surface area contributed by atoms with Gasteiger partial charge in [-0.2, -0.15) is 0 Å². The third-order valence-electron chi connectivity index (χ3n) is 4.48. The average Bonchev–Trinajstić information content (AvgIpc) is 2.76. The number of nitrogens with one attached hydrogen (secondary N) is 2. The Bertz CT molecular complexity index is 1170. The number of anilines is 3. The highest BCUT2D eigenvalue weighted by Crippen LogP contribution is 2.21. The maximum Gasteiger partial charge on any atom is 0.255 e. The van der Waals surface area contributed by atoms with E-state index < -0.39 is 0 Å². The molecule has 4 rings (SSSR count). The molecule has 148 valence electrons. The Balaban J connectivity index is 1.46. The Kier molecular flexibility index (Phi) is 5.48. The molecule has 2 N–H and O–H groups in total. The van der Waals surface area contributed by atoms with Crippen molar-refractivity contribution in [2.75, 3.05) is 10.6 Å². The molecule has 0 radical (unpaired) electrons. The molecule has 0 saturated heterocycles. The highest BCUT2D eigenvalue weighted by Gasteiger charge is 2.08. The molecule has 30 heavy (non-hydrogen) atoms. The van der Waals surface area contributed by atoms with Gasteiger partial charge < -0.3 is 10.6 Å². The minimum Gasteiger partial charge on any atom is -0.339 e. The molecular weight excluding hydrogens is 379 g/mol. The van der Waals surface area contributed by atoms with Crippen LogP contribution < -0.4 is 10.6 Å². The fourth-order valence-corrected chi connectivity index (χ4v) is 2.98. The predicted molar refractivity (Wildman–Crippen MR) is 116 cm³/mol. The first kappa shape index (κ1) is 19.3. The maximum atomic E-state index is 13.0. The zero-order valence-corrected chi connectivity index (χ0v) is 16.3. The zero-order chi connectivity index (χ0) is 20.9. The fourth-order valence-electron chi connectivity index (χ4n) is 2.98. The van der Waals surface area contributed by atoms with E-state index in [9.17, 15) is 9.18 Å². The summed E-state index contributed by atoms with van der Waals surface area (Å²) in [7, 11) is 0. The van der Waals surface area contributed by atoms with E-state index in [-0.39, 0.29) is 11.7 Å². The molecule has 0 atom stereocenters. The third kappa shape index (κ3) is 4.67. The largest absolute Gasteiger partial charge is 0.339 e. The number of aromatic nitrogens is 2. The lowest BCUT2D eigenvalue weighted by molar-refractivity contribution is 0.102. The molecule has 1 aromatic heterocycles. The van der Waals surface area contributed by atoms with E-state index in [0.717, 1.165) is 16.8 Å². The number of halogens is 1. The van der Waals surface area contributed by atoms with Crippen molar-refractivity contribution in [3.63, 3.8) is 0 Å². The molecule has 5 nitrogen and oxygen atoms in total. The fraction of sp³-hybridized carbons (Fsp3) is 0.0417. The second-order valence-electron chi connectivity index (χ2n) is 6.84. The van der Waals surface area contributed by atoms with Crippen molar-refractivity contribution < 1.29 is 9.18 Å². The second-order valence-corrected chi connectivity index (χ2v) is 6.84. The molecule has 0 spiro atoms. The molecule has 1 amide bonds. The van der Waals surface area contributed by atoms with Gasteiger partial charge in [0.25, 0.3) is 5.91 Å². The van der Waals surface area contributed by atoms with Gasteiger partial charge in [-0.05, 0) is 67.6 Å². The number of rotatable bonds is 5. The third-order valence-corrected chi connectivity index (χ3v) is 4.48. The maximum absolute atomic E-state index is 13.0. The van der Waals surface area contributed by atoms with Gasteiger partial charge in [-0.15, -0.1) is 10.2 Å². The number of aryl methyl sites for hydroxylation is 1. The topological polar surface area (TPSA) is 66.9 Å². The van der Waals surface area contributed by atoms with Crippen molar-refractivity contribution in [3.8, 4) is 11.3 Å². The number of carbonyl (C=O) groups is 1. The van der Waals surface area contributed by atoms with Gasteiger partial charge in [0, 0.05) is 22.5 Å². The summed E-state index contributed by atoms with van der Waals surface area (Å²) in [6.07, 6.45) is 0. The molecule has 1 heterocycles. The highest BCUT2D eigenvalue weighted by atomic mass is 19.1. The van der Waals surface area contributed by atoms with E-state index in [0.29, 0.717) is 22.8 Å². The van der Waals surface area contributed by atoms with Crippen LogP contribution in [0.2, 0.25) is 0 Å². The Morgan fingerprint density at radius 3 is 2.37 bits per heavy atom. The molecule has 0 aliphatic carbocycles. The van der Waals surface area contributed by atoms with E-state index in [4.69, 9.17) is 0 Å². The summed E-state index contributed by atoms with van der Waals surface area (Å²) in [6, 6.07) is 24.5. The number of amides is 1. The first-order valence-corrected chi connectivity index (χ1v) is 9.42. The van der Waals surface area contributed by atoms with Crippen LogP contribution in [0.5, 0.6) is 0 Å². The number of hydrogen-bond acceptors (Lipinski definition) is 4. The first-order valence-electron chi connectivity index (χ1n) is 9.42. The van der Waals surface area contributed by atoms with Crippen LogP contribution in [0, 0.1) is 12.7 Å². The van der Waals surface area contributed by atoms with Gasteiger partial charge in [-0.25, -0.2) is 4.39 Å². The zero-order valence-electron chi connectivity index (χ0n) is 16.3. The summed E-state index contributed by atoms with van der Waals surface area (Å²) in [5.41, 5.74) is 4.66. The van der Waals surface area contributed by atoms with Gasteiger partial charge in [0.15, 0.2) is 5.82 Å². The monoisotopic (exact) mass is 398 g/mol. The molecule has 0 unspecified atom stereocenters. The SMILES string of the molecule is Cc1cccc(-c2ccc(Nc3cccc(C(=O)Nc4ccc(F)cc4)c3)nn2)c1. The van der Waals surface area contributed by atoms with E-state index in [1.165, 1.54) is 24.3 Å². The van der Waals surface area contributed by atoms with Crippen molar-refractivity contribution in [1.82, 2.24) is 10.2 Å². The lowest BCUT2D eigenvalue weighted by Crippen LogP contribution is -2.12.